The smallest absolute Gasteiger partial charge is 0.0646 e. The first kappa shape index (κ1) is 9.57. The molecule has 1 saturated carbocycles. The van der Waals surface area contributed by atoms with Crippen LogP contribution in [0.25, 0.3) is 0 Å². The van der Waals surface area contributed by atoms with Crippen molar-refractivity contribution in [1.29, 1.82) is 0 Å². The van der Waals surface area contributed by atoms with Crippen molar-refractivity contribution in [3.63, 3.8) is 0 Å². The first-order valence-electron chi connectivity index (χ1n) is 4.57. The standard InChI is InChI=1S/C10H17NO/c1-2-3-8-12-9-10(11)6-4-5-7-10/h1H,3-9,11H2. The Bertz CT molecular complexity index is 165. The van der Waals surface area contributed by atoms with Crippen molar-refractivity contribution >= 4 is 0 Å². The minimum atomic E-state index is -0.0470. The molecule has 0 aromatic heterocycles. The lowest BCUT2D eigenvalue weighted by Gasteiger charge is -2.22. The van der Waals surface area contributed by atoms with E-state index in [9.17, 15) is 0 Å². The number of terminal acetylenes is 1. The lowest BCUT2D eigenvalue weighted by Crippen LogP contribution is -2.41. The molecule has 0 radical (unpaired) electrons. The van der Waals surface area contributed by atoms with Gasteiger partial charge in [-0.1, -0.05) is 12.8 Å². The molecule has 0 aromatic carbocycles. The molecule has 0 unspecified atom stereocenters. The summed E-state index contributed by atoms with van der Waals surface area (Å²) in [5, 5.41) is 0. The molecule has 0 spiro atoms. The van der Waals surface area contributed by atoms with Gasteiger partial charge in [0.25, 0.3) is 0 Å². The fraction of sp³-hybridized carbons (Fsp3) is 0.800. The summed E-state index contributed by atoms with van der Waals surface area (Å²) in [4.78, 5) is 0. The van der Waals surface area contributed by atoms with Crippen LogP contribution in [0.2, 0.25) is 0 Å². The Kier molecular flexibility index (Phi) is 3.58. The molecule has 0 amide bonds. The minimum absolute atomic E-state index is 0.0470. The highest BCUT2D eigenvalue weighted by molar-refractivity contribution is 4.89. The summed E-state index contributed by atoms with van der Waals surface area (Å²) >= 11 is 0. The van der Waals surface area contributed by atoms with E-state index in [0.29, 0.717) is 19.6 Å². The molecule has 12 heavy (non-hydrogen) atoms. The molecule has 0 atom stereocenters. The van der Waals surface area contributed by atoms with Gasteiger partial charge in [-0.3, -0.25) is 0 Å². The quantitative estimate of drug-likeness (QED) is 0.506. The SMILES string of the molecule is C#CCCOCC1(N)CCCC1. The first-order valence-corrected chi connectivity index (χ1v) is 4.57. The molecule has 0 aromatic rings. The lowest BCUT2D eigenvalue weighted by atomic mass is 10.0. The van der Waals surface area contributed by atoms with Gasteiger partial charge in [0.1, 0.15) is 0 Å². The van der Waals surface area contributed by atoms with Gasteiger partial charge in [-0.2, -0.15) is 0 Å². The highest BCUT2D eigenvalue weighted by Gasteiger charge is 2.29. The lowest BCUT2D eigenvalue weighted by molar-refractivity contribution is 0.0910. The average molecular weight is 167 g/mol. The van der Waals surface area contributed by atoms with Crippen molar-refractivity contribution in [1.82, 2.24) is 0 Å². The van der Waals surface area contributed by atoms with Crippen molar-refractivity contribution < 1.29 is 4.74 Å². The predicted molar refractivity (Wildman–Crippen MR) is 49.7 cm³/mol. The zero-order valence-electron chi connectivity index (χ0n) is 7.51. The van der Waals surface area contributed by atoms with Gasteiger partial charge in [-0.15, -0.1) is 12.3 Å². The van der Waals surface area contributed by atoms with Crippen molar-refractivity contribution in [3.05, 3.63) is 0 Å². The molecular weight excluding hydrogens is 150 g/mol. The third kappa shape index (κ3) is 2.84. The third-order valence-electron chi connectivity index (χ3n) is 2.38. The van der Waals surface area contributed by atoms with Crippen molar-refractivity contribution in [2.24, 2.45) is 5.73 Å². The third-order valence-corrected chi connectivity index (χ3v) is 2.38. The summed E-state index contributed by atoms with van der Waals surface area (Å²) in [6, 6.07) is 0. The monoisotopic (exact) mass is 167 g/mol. The van der Waals surface area contributed by atoms with Gasteiger partial charge in [0.2, 0.25) is 0 Å². The fourth-order valence-corrected chi connectivity index (χ4v) is 1.63. The van der Waals surface area contributed by atoms with Crippen LogP contribution < -0.4 is 5.73 Å². The van der Waals surface area contributed by atoms with Crippen LogP contribution in [0.5, 0.6) is 0 Å². The minimum Gasteiger partial charge on any atom is -0.379 e. The van der Waals surface area contributed by atoms with E-state index < -0.39 is 0 Å². The van der Waals surface area contributed by atoms with Crippen LogP contribution in [0.15, 0.2) is 0 Å². The largest absolute Gasteiger partial charge is 0.379 e. The maximum absolute atomic E-state index is 6.06. The van der Waals surface area contributed by atoms with Crippen LogP contribution in [0, 0.1) is 12.3 Å². The van der Waals surface area contributed by atoms with Gasteiger partial charge >= 0.3 is 0 Å². The highest BCUT2D eigenvalue weighted by atomic mass is 16.5. The Morgan fingerprint density at radius 2 is 2.08 bits per heavy atom. The van der Waals surface area contributed by atoms with Crippen molar-refractivity contribution in [2.75, 3.05) is 13.2 Å². The van der Waals surface area contributed by atoms with E-state index >= 15 is 0 Å². The van der Waals surface area contributed by atoms with E-state index in [4.69, 9.17) is 16.9 Å². The van der Waals surface area contributed by atoms with Crippen molar-refractivity contribution in [2.45, 2.75) is 37.6 Å². The second-order valence-corrected chi connectivity index (χ2v) is 3.58. The second-order valence-electron chi connectivity index (χ2n) is 3.58. The molecule has 68 valence electrons. The van der Waals surface area contributed by atoms with E-state index in [2.05, 4.69) is 5.92 Å². The van der Waals surface area contributed by atoms with E-state index in [1.807, 2.05) is 0 Å². The van der Waals surface area contributed by atoms with E-state index in [-0.39, 0.29) is 5.54 Å². The van der Waals surface area contributed by atoms with Gasteiger partial charge in [-0.05, 0) is 12.8 Å². The molecular formula is C10H17NO. The predicted octanol–water partition coefficient (Wildman–Crippen LogP) is 1.30. The zero-order chi connectivity index (χ0) is 8.86. The number of nitrogens with two attached hydrogens (primary N) is 1. The van der Waals surface area contributed by atoms with Crippen LogP contribution in [0.4, 0.5) is 0 Å². The average Bonchev–Trinajstić information content (AvgIpc) is 2.47. The van der Waals surface area contributed by atoms with Crippen molar-refractivity contribution in [3.8, 4) is 12.3 Å². The molecule has 0 heterocycles. The molecule has 1 rings (SSSR count). The summed E-state index contributed by atoms with van der Waals surface area (Å²) in [5.74, 6) is 2.54. The van der Waals surface area contributed by atoms with Crippen LogP contribution in [0.3, 0.4) is 0 Å². The number of hydrogen-bond acceptors (Lipinski definition) is 2. The maximum atomic E-state index is 6.06. The summed E-state index contributed by atoms with van der Waals surface area (Å²) < 4.78 is 5.39. The van der Waals surface area contributed by atoms with Gasteiger partial charge in [0.15, 0.2) is 0 Å². The molecule has 1 fully saturated rings. The zero-order valence-corrected chi connectivity index (χ0v) is 7.51. The molecule has 2 N–H and O–H groups in total. The number of rotatable bonds is 4. The first-order chi connectivity index (χ1) is 5.77. The van der Waals surface area contributed by atoms with E-state index in [0.717, 1.165) is 12.8 Å². The Morgan fingerprint density at radius 3 is 2.67 bits per heavy atom. The molecule has 0 aliphatic heterocycles. The summed E-state index contributed by atoms with van der Waals surface area (Å²) in [7, 11) is 0. The van der Waals surface area contributed by atoms with Crippen LogP contribution in [0.1, 0.15) is 32.1 Å². The molecule has 0 saturated heterocycles. The molecule has 1 aliphatic carbocycles. The highest BCUT2D eigenvalue weighted by Crippen LogP contribution is 2.27. The van der Waals surface area contributed by atoms with Gasteiger partial charge in [0, 0.05) is 12.0 Å². The topological polar surface area (TPSA) is 35.2 Å². The molecule has 0 bridgehead atoms. The Labute approximate surface area is 74.5 Å². The van der Waals surface area contributed by atoms with Gasteiger partial charge in [-0.25, -0.2) is 0 Å². The molecule has 1 aliphatic rings. The fourth-order valence-electron chi connectivity index (χ4n) is 1.63. The van der Waals surface area contributed by atoms with Crippen LogP contribution in [-0.2, 0) is 4.74 Å². The van der Waals surface area contributed by atoms with Crippen LogP contribution in [-0.4, -0.2) is 18.8 Å². The number of ether oxygens (including phenoxy) is 1. The summed E-state index contributed by atoms with van der Waals surface area (Å²) in [6.07, 6.45) is 10.5. The number of hydrogen-bond donors (Lipinski definition) is 1. The summed E-state index contributed by atoms with van der Waals surface area (Å²) in [5.41, 5.74) is 6.02. The Morgan fingerprint density at radius 1 is 1.42 bits per heavy atom. The summed E-state index contributed by atoms with van der Waals surface area (Å²) in [6.45, 7) is 1.32. The Balaban J connectivity index is 2.09. The second kappa shape index (κ2) is 4.49. The maximum Gasteiger partial charge on any atom is 0.0646 e. The van der Waals surface area contributed by atoms with Crippen LogP contribution >= 0.6 is 0 Å². The van der Waals surface area contributed by atoms with Gasteiger partial charge in [0.05, 0.1) is 13.2 Å². The van der Waals surface area contributed by atoms with E-state index in [1.54, 1.807) is 0 Å². The molecule has 2 nitrogen and oxygen atoms in total. The van der Waals surface area contributed by atoms with E-state index in [1.165, 1.54) is 12.8 Å². The molecule has 2 heteroatoms. The van der Waals surface area contributed by atoms with Gasteiger partial charge < -0.3 is 10.5 Å². The Hall–Kier alpha value is -0.520. The normalized spacial score (nSPS) is 20.7.